The fourth-order valence-corrected chi connectivity index (χ4v) is 2.38. The first-order valence-electron chi connectivity index (χ1n) is 7.36. The number of nitrogens with zero attached hydrogens (tertiary/aromatic N) is 2. The summed E-state index contributed by atoms with van der Waals surface area (Å²) in [5, 5.41) is 2.83. The Labute approximate surface area is 134 Å². The summed E-state index contributed by atoms with van der Waals surface area (Å²) in [6.07, 6.45) is 2.25. The van der Waals surface area contributed by atoms with Gasteiger partial charge in [-0.05, 0) is 36.2 Å². The number of aromatic nitrogens is 1. The first kappa shape index (κ1) is 15.0. The average Bonchev–Trinajstić information content (AvgIpc) is 2.59. The molecule has 0 fully saturated rings. The van der Waals surface area contributed by atoms with Crippen LogP contribution >= 0.6 is 0 Å². The molecule has 1 aliphatic rings. The van der Waals surface area contributed by atoms with E-state index >= 15 is 0 Å². The maximum absolute atomic E-state index is 11.9. The summed E-state index contributed by atoms with van der Waals surface area (Å²) in [7, 11) is 1.73. The highest BCUT2D eigenvalue weighted by molar-refractivity contribution is 5.97. The zero-order chi connectivity index (χ0) is 16.2. The van der Waals surface area contributed by atoms with Crippen molar-refractivity contribution in [3.05, 3.63) is 53.9 Å². The third kappa shape index (κ3) is 3.31. The molecule has 0 saturated carbocycles. The largest absolute Gasteiger partial charge is 0.482 e. The van der Waals surface area contributed by atoms with Gasteiger partial charge in [-0.2, -0.15) is 0 Å². The molecular weight excluding hydrogens is 294 g/mol. The number of carbonyl (C=O) groups is 2. The van der Waals surface area contributed by atoms with Crippen molar-refractivity contribution in [2.24, 2.45) is 0 Å². The van der Waals surface area contributed by atoms with Crippen molar-refractivity contribution in [1.82, 2.24) is 10.3 Å². The fraction of sp³-hybridized carbons (Fsp3) is 0.235. The minimum Gasteiger partial charge on any atom is -0.482 e. The number of ether oxygens (including phenoxy) is 1. The number of nitrogens with one attached hydrogen (secondary N) is 1. The summed E-state index contributed by atoms with van der Waals surface area (Å²) in [5.74, 6) is 0.436. The predicted molar refractivity (Wildman–Crippen MR) is 85.6 cm³/mol. The standard InChI is InChI=1S/C17H17N3O3/c1-20-14-10-12(5-6-15(14)23-11-16(20)21)7-9-19-17(22)13-4-2-3-8-18-13/h2-6,8,10H,7,9,11H2,1H3,(H,19,22). The molecule has 6 nitrogen and oxygen atoms in total. The smallest absolute Gasteiger partial charge is 0.269 e. The highest BCUT2D eigenvalue weighted by atomic mass is 16.5. The summed E-state index contributed by atoms with van der Waals surface area (Å²) in [6.45, 7) is 0.565. The maximum atomic E-state index is 11.9. The zero-order valence-corrected chi connectivity index (χ0v) is 12.8. The molecular formula is C17H17N3O3. The van der Waals surface area contributed by atoms with E-state index in [1.807, 2.05) is 18.2 Å². The molecule has 0 bridgehead atoms. The van der Waals surface area contributed by atoms with E-state index in [0.29, 0.717) is 24.4 Å². The second-order valence-corrected chi connectivity index (χ2v) is 5.26. The Bertz CT molecular complexity index is 731. The molecule has 0 saturated heterocycles. The quantitative estimate of drug-likeness (QED) is 0.927. The van der Waals surface area contributed by atoms with E-state index < -0.39 is 0 Å². The predicted octanol–water partition coefficient (Wildman–Crippen LogP) is 1.41. The first-order valence-corrected chi connectivity index (χ1v) is 7.36. The van der Waals surface area contributed by atoms with Gasteiger partial charge in [-0.1, -0.05) is 12.1 Å². The number of carbonyl (C=O) groups excluding carboxylic acids is 2. The van der Waals surface area contributed by atoms with Crippen molar-refractivity contribution in [2.75, 3.05) is 25.1 Å². The molecule has 0 atom stereocenters. The van der Waals surface area contributed by atoms with Gasteiger partial charge in [-0.15, -0.1) is 0 Å². The summed E-state index contributed by atoms with van der Waals surface area (Å²) in [5.41, 5.74) is 2.18. The molecule has 1 aromatic carbocycles. The molecule has 3 rings (SSSR count). The number of rotatable bonds is 4. The van der Waals surface area contributed by atoms with E-state index in [1.54, 1.807) is 36.3 Å². The minimum absolute atomic E-state index is 0.0712. The zero-order valence-electron chi connectivity index (χ0n) is 12.8. The summed E-state index contributed by atoms with van der Waals surface area (Å²) < 4.78 is 5.39. The normalized spacial score (nSPS) is 13.3. The van der Waals surface area contributed by atoms with Crippen molar-refractivity contribution in [2.45, 2.75) is 6.42 Å². The highest BCUT2D eigenvalue weighted by Crippen LogP contribution is 2.31. The molecule has 2 amide bonds. The van der Waals surface area contributed by atoms with Gasteiger partial charge < -0.3 is 15.0 Å². The summed E-state index contributed by atoms with van der Waals surface area (Å²) in [6, 6.07) is 10.9. The molecule has 118 valence electrons. The number of hydrogen-bond donors (Lipinski definition) is 1. The fourth-order valence-electron chi connectivity index (χ4n) is 2.38. The van der Waals surface area contributed by atoms with E-state index in [0.717, 1.165) is 11.3 Å². The Balaban J connectivity index is 1.61. The van der Waals surface area contributed by atoms with Gasteiger partial charge in [0.1, 0.15) is 11.4 Å². The summed E-state index contributed by atoms with van der Waals surface area (Å²) in [4.78, 5) is 29.2. The topological polar surface area (TPSA) is 71.5 Å². The Morgan fingerprint density at radius 1 is 1.35 bits per heavy atom. The van der Waals surface area contributed by atoms with Crippen molar-refractivity contribution >= 4 is 17.5 Å². The number of benzene rings is 1. The number of fused-ring (bicyclic) bond motifs is 1. The third-order valence-corrected chi connectivity index (χ3v) is 3.71. The molecule has 1 N–H and O–H groups in total. The van der Waals surface area contributed by atoms with Gasteiger partial charge in [0.25, 0.3) is 11.8 Å². The Morgan fingerprint density at radius 3 is 3.00 bits per heavy atom. The van der Waals surface area contributed by atoms with Crippen LogP contribution in [0.5, 0.6) is 5.75 Å². The molecule has 6 heteroatoms. The van der Waals surface area contributed by atoms with E-state index in [2.05, 4.69) is 10.3 Å². The lowest BCUT2D eigenvalue weighted by Gasteiger charge is -2.26. The number of amides is 2. The minimum atomic E-state index is -0.195. The monoisotopic (exact) mass is 311 g/mol. The number of hydrogen-bond acceptors (Lipinski definition) is 4. The van der Waals surface area contributed by atoms with Crippen molar-refractivity contribution in [1.29, 1.82) is 0 Å². The summed E-state index contributed by atoms with van der Waals surface area (Å²) >= 11 is 0. The molecule has 0 aliphatic carbocycles. The Hall–Kier alpha value is -2.89. The molecule has 2 aromatic rings. The van der Waals surface area contributed by atoms with E-state index in [1.165, 1.54) is 0 Å². The number of pyridine rings is 1. The van der Waals surface area contributed by atoms with Crippen LogP contribution in [0.4, 0.5) is 5.69 Å². The molecule has 23 heavy (non-hydrogen) atoms. The van der Waals surface area contributed by atoms with Crippen LogP contribution in [0.15, 0.2) is 42.6 Å². The van der Waals surface area contributed by atoms with Crippen molar-refractivity contribution < 1.29 is 14.3 Å². The average molecular weight is 311 g/mol. The second-order valence-electron chi connectivity index (χ2n) is 5.26. The van der Waals surface area contributed by atoms with Gasteiger partial charge in [-0.3, -0.25) is 14.6 Å². The van der Waals surface area contributed by atoms with Gasteiger partial charge in [0.15, 0.2) is 6.61 Å². The van der Waals surface area contributed by atoms with Crippen molar-refractivity contribution in [3.63, 3.8) is 0 Å². The van der Waals surface area contributed by atoms with Gasteiger partial charge >= 0.3 is 0 Å². The van der Waals surface area contributed by atoms with E-state index in [9.17, 15) is 9.59 Å². The van der Waals surface area contributed by atoms with Crippen LogP contribution in [0.2, 0.25) is 0 Å². The van der Waals surface area contributed by atoms with Crippen LogP contribution in [0.3, 0.4) is 0 Å². The lowest BCUT2D eigenvalue weighted by Crippen LogP contribution is -2.35. The first-order chi connectivity index (χ1) is 11.1. The maximum Gasteiger partial charge on any atom is 0.269 e. The van der Waals surface area contributed by atoms with Crippen LogP contribution in [0.25, 0.3) is 0 Å². The van der Waals surface area contributed by atoms with Crippen LogP contribution in [0.1, 0.15) is 16.1 Å². The van der Waals surface area contributed by atoms with Crippen LogP contribution in [-0.2, 0) is 11.2 Å². The second kappa shape index (κ2) is 6.48. The van der Waals surface area contributed by atoms with Gasteiger partial charge in [0.2, 0.25) is 0 Å². The lowest BCUT2D eigenvalue weighted by molar-refractivity contribution is -0.120. The van der Waals surface area contributed by atoms with Crippen LogP contribution in [0, 0.1) is 0 Å². The van der Waals surface area contributed by atoms with Crippen molar-refractivity contribution in [3.8, 4) is 5.75 Å². The van der Waals surface area contributed by atoms with Gasteiger partial charge in [0, 0.05) is 19.8 Å². The molecule has 0 unspecified atom stereocenters. The van der Waals surface area contributed by atoms with E-state index in [4.69, 9.17) is 4.74 Å². The highest BCUT2D eigenvalue weighted by Gasteiger charge is 2.22. The Kier molecular flexibility index (Phi) is 4.23. The van der Waals surface area contributed by atoms with E-state index in [-0.39, 0.29) is 18.4 Å². The number of likely N-dealkylation sites (N-methyl/N-ethyl adjacent to an activating group) is 1. The molecule has 1 aliphatic heterocycles. The van der Waals surface area contributed by atoms with Crippen LogP contribution in [-0.4, -0.2) is 37.0 Å². The Morgan fingerprint density at radius 2 is 2.22 bits per heavy atom. The molecule has 1 aromatic heterocycles. The SMILES string of the molecule is CN1C(=O)COc2ccc(CCNC(=O)c3ccccn3)cc21. The lowest BCUT2D eigenvalue weighted by atomic mass is 10.1. The molecule has 2 heterocycles. The third-order valence-electron chi connectivity index (χ3n) is 3.71. The van der Waals surface area contributed by atoms with Gasteiger partial charge in [0.05, 0.1) is 5.69 Å². The molecule has 0 radical (unpaired) electrons. The number of anilines is 1. The van der Waals surface area contributed by atoms with Gasteiger partial charge in [-0.25, -0.2) is 0 Å². The van der Waals surface area contributed by atoms with Crippen LogP contribution < -0.4 is 15.0 Å². The molecule has 0 spiro atoms.